The first-order valence-corrected chi connectivity index (χ1v) is 5.80. The van der Waals surface area contributed by atoms with Crippen molar-refractivity contribution in [3.63, 3.8) is 0 Å². The summed E-state index contributed by atoms with van der Waals surface area (Å²) in [5.74, 6) is -0.525. The van der Waals surface area contributed by atoms with Crippen molar-refractivity contribution in [1.82, 2.24) is 0 Å². The van der Waals surface area contributed by atoms with Crippen molar-refractivity contribution in [2.75, 3.05) is 0 Å². The summed E-state index contributed by atoms with van der Waals surface area (Å²) in [4.78, 5) is 10.9. The van der Waals surface area contributed by atoms with Gasteiger partial charge in [0.2, 0.25) is 0 Å². The van der Waals surface area contributed by atoms with Crippen molar-refractivity contribution < 1.29 is 19.7 Å². The van der Waals surface area contributed by atoms with E-state index in [1.807, 2.05) is 6.92 Å². The van der Waals surface area contributed by atoms with Gasteiger partial charge in [-0.15, -0.1) is 0 Å². The molecule has 0 saturated heterocycles. The van der Waals surface area contributed by atoms with Crippen molar-refractivity contribution in [3.8, 4) is 5.75 Å². The van der Waals surface area contributed by atoms with E-state index in [9.17, 15) is 9.90 Å². The average Bonchev–Trinajstić information content (AvgIpc) is 2.18. The van der Waals surface area contributed by atoms with Gasteiger partial charge in [-0.25, -0.2) is 4.79 Å². The molecule has 0 radical (unpaired) electrons. The third-order valence-corrected chi connectivity index (χ3v) is 3.27. The minimum atomic E-state index is -1.04. The predicted octanol–water partition coefficient (Wildman–Crippen LogP) is 1.44. The summed E-state index contributed by atoms with van der Waals surface area (Å²) in [6, 6.07) is 4.70. The van der Waals surface area contributed by atoms with Gasteiger partial charge in [0.15, 0.2) is 0 Å². The van der Waals surface area contributed by atoms with Gasteiger partial charge in [-0.1, -0.05) is 6.07 Å². The maximum Gasteiger partial charge on any atom is 0.335 e. The Morgan fingerprint density at radius 3 is 2.16 bits per heavy atom. The number of aromatic carboxylic acids is 1. The molecule has 0 atom stereocenters. The molecular formula is C14H23BO4. The fraction of sp³-hybridized carbons (Fsp3) is 0.500. The fourth-order valence-corrected chi connectivity index (χ4v) is 1.24. The Bertz CT molecular complexity index is 461. The molecule has 106 valence electrons. The summed E-state index contributed by atoms with van der Waals surface area (Å²) in [6.45, 7) is 8.67. The number of carboxylic acids is 1. The van der Waals surface area contributed by atoms with Gasteiger partial charge in [-0.2, -0.15) is 0 Å². The summed E-state index contributed by atoms with van der Waals surface area (Å²) in [6.07, 6.45) is 0. The molecule has 0 aromatic heterocycles. The van der Waals surface area contributed by atoms with Gasteiger partial charge in [0.25, 0.3) is 0 Å². The van der Waals surface area contributed by atoms with Crippen LogP contribution in [0.1, 0.15) is 43.6 Å². The van der Waals surface area contributed by atoms with Gasteiger partial charge >= 0.3 is 5.97 Å². The first-order chi connectivity index (χ1) is 8.04. The number of hydrogen-bond acceptors (Lipinski definition) is 3. The minimum Gasteiger partial charge on any atom is -0.485 e. The second kappa shape index (κ2) is 5.65. The van der Waals surface area contributed by atoms with Crippen LogP contribution in [0.25, 0.3) is 0 Å². The van der Waals surface area contributed by atoms with E-state index < -0.39 is 17.2 Å². The molecule has 0 aliphatic rings. The maximum absolute atomic E-state index is 10.9. The van der Waals surface area contributed by atoms with Crippen LogP contribution in [0.4, 0.5) is 0 Å². The van der Waals surface area contributed by atoms with Crippen LogP contribution in [0.3, 0.4) is 0 Å². The lowest BCUT2D eigenvalue weighted by atomic mass is 9.89. The molecule has 19 heavy (non-hydrogen) atoms. The van der Waals surface area contributed by atoms with Gasteiger partial charge in [0.05, 0.1) is 19.6 Å². The second-order valence-electron chi connectivity index (χ2n) is 5.46. The topological polar surface area (TPSA) is 66.8 Å². The van der Waals surface area contributed by atoms with Gasteiger partial charge < -0.3 is 14.9 Å². The van der Waals surface area contributed by atoms with Crippen molar-refractivity contribution >= 4 is 14.4 Å². The summed E-state index contributed by atoms with van der Waals surface area (Å²) in [7, 11) is 0. The van der Waals surface area contributed by atoms with Gasteiger partial charge in [0.1, 0.15) is 11.4 Å². The monoisotopic (exact) mass is 266 g/mol. The Labute approximate surface area is 116 Å². The van der Waals surface area contributed by atoms with E-state index in [4.69, 9.17) is 9.84 Å². The lowest BCUT2D eigenvalue weighted by Crippen LogP contribution is -2.49. The molecule has 5 heteroatoms. The molecule has 0 heterocycles. The van der Waals surface area contributed by atoms with Gasteiger partial charge in [-0.05, 0) is 52.3 Å². The smallest absolute Gasteiger partial charge is 0.335 e. The average molecular weight is 266 g/mol. The number of benzene rings is 1. The summed E-state index contributed by atoms with van der Waals surface area (Å²) < 4.78 is 5.77. The Morgan fingerprint density at radius 2 is 1.74 bits per heavy atom. The van der Waals surface area contributed by atoms with E-state index in [1.165, 1.54) is 12.1 Å². The second-order valence-corrected chi connectivity index (χ2v) is 5.46. The van der Waals surface area contributed by atoms with E-state index in [0.717, 1.165) is 5.56 Å². The lowest BCUT2D eigenvalue weighted by molar-refractivity contribution is -0.0909. The standard InChI is InChI=1S/C14H20O4.BH3/c1-9-6-7-10(12(15)16)8-11(9)18-14(4,5)13(2,3)17;/h6-8,17H,1-5H3,(H,15,16);1H3. The van der Waals surface area contributed by atoms with E-state index >= 15 is 0 Å². The highest BCUT2D eigenvalue weighted by Gasteiger charge is 2.37. The Hall–Kier alpha value is -1.49. The molecule has 1 rings (SSSR count). The van der Waals surface area contributed by atoms with Crippen molar-refractivity contribution in [2.45, 2.75) is 45.8 Å². The molecule has 0 unspecified atom stereocenters. The molecule has 4 nitrogen and oxygen atoms in total. The molecule has 0 spiro atoms. The quantitative estimate of drug-likeness (QED) is 0.809. The summed E-state index contributed by atoms with van der Waals surface area (Å²) >= 11 is 0. The highest BCUT2D eigenvalue weighted by molar-refractivity contribution is 5.88. The fourth-order valence-electron chi connectivity index (χ4n) is 1.24. The molecular weight excluding hydrogens is 243 g/mol. The first kappa shape index (κ1) is 17.5. The van der Waals surface area contributed by atoms with Crippen molar-refractivity contribution in [2.24, 2.45) is 0 Å². The highest BCUT2D eigenvalue weighted by Crippen LogP contribution is 2.30. The third-order valence-electron chi connectivity index (χ3n) is 3.27. The van der Waals surface area contributed by atoms with E-state index in [1.54, 1.807) is 33.8 Å². The largest absolute Gasteiger partial charge is 0.485 e. The molecule has 0 saturated carbocycles. The van der Waals surface area contributed by atoms with Crippen LogP contribution in [0, 0.1) is 6.92 Å². The Kier molecular flexibility index (Phi) is 5.21. The number of aryl methyl sites for hydroxylation is 1. The maximum atomic E-state index is 10.9. The number of hydrogen-bond donors (Lipinski definition) is 2. The molecule has 0 amide bonds. The molecule has 0 fully saturated rings. The molecule has 0 aliphatic carbocycles. The minimum absolute atomic E-state index is 0. The molecule has 2 N–H and O–H groups in total. The normalized spacial score (nSPS) is 11.7. The molecule has 1 aromatic rings. The number of carboxylic acid groups (broad SMARTS) is 1. The summed E-state index contributed by atoms with van der Waals surface area (Å²) in [5.41, 5.74) is -0.868. The predicted molar refractivity (Wildman–Crippen MR) is 79.1 cm³/mol. The zero-order valence-electron chi connectivity index (χ0n) is 11.4. The van der Waals surface area contributed by atoms with E-state index in [0.29, 0.717) is 5.75 Å². The lowest BCUT2D eigenvalue weighted by Gasteiger charge is -2.37. The Morgan fingerprint density at radius 1 is 1.21 bits per heavy atom. The van der Waals surface area contributed by atoms with Crippen LogP contribution < -0.4 is 4.74 Å². The van der Waals surface area contributed by atoms with Gasteiger partial charge in [-0.3, -0.25) is 0 Å². The van der Waals surface area contributed by atoms with E-state index in [-0.39, 0.29) is 14.0 Å². The van der Waals surface area contributed by atoms with Crippen molar-refractivity contribution in [3.05, 3.63) is 29.3 Å². The molecule has 0 bridgehead atoms. The zero-order valence-corrected chi connectivity index (χ0v) is 11.4. The molecule has 1 aromatic carbocycles. The Balaban J connectivity index is 0.00000324. The SMILES string of the molecule is B.Cc1ccc(C(=O)O)cc1OC(C)(C)C(C)(C)O. The number of rotatable bonds is 4. The number of aliphatic hydroxyl groups is 1. The van der Waals surface area contributed by atoms with Crippen LogP contribution in [-0.4, -0.2) is 35.8 Å². The van der Waals surface area contributed by atoms with Crippen LogP contribution >= 0.6 is 0 Å². The third kappa shape index (κ3) is 3.99. The van der Waals surface area contributed by atoms with Crippen LogP contribution in [-0.2, 0) is 0 Å². The number of carbonyl (C=O) groups is 1. The summed E-state index contributed by atoms with van der Waals surface area (Å²) in [5, 5.41) is 19.0. The highest BCUT2D eigenvalue weighted by atomic mass is 16.5. The van der Waals surface area contributed by atoms with Crippen molar-refractivity contribution in [1.29, 1.82) is 0 Å². The first-order valence-electron chi connectivity index (χ1n) is 5.80. The van der Waals surface area contributed by atoms with Crippen LogP contribution in [0.15, 0.2) is 18.2 Å². The van der Waals surface area contributed by atoms with E-state index in [2.05, 4.69) is 0 Å². The van der Waals surface area contributed by atoms with Crippen LogP contribution in [0.2, 0.25) is 0 Å². The van der Waals surface area contributed by atoms with Gasteiger partial charge in [0, 0.05) is 0 Å². The number of ether oxygens (including phenoxy) is 1. The van der Waals surface area contributed by atoms with Crippen LogP contribution in [0.5, 0.6) is 5.75 Å². The molecule has 0 aliphatic heterocycles. The zero-order chi connectivity index (χ0) is 14.1.